The molecule has 0 aliphatic carbocycles. The summed E-state index contributed by atoms with van der Waals surface area (Å²) < 4.78 is 6.48. The summed E-state index contributed by atoms with van der Waals surface area (Å²) in [6.07, 6.45) is 1.29. The van der Waals surface area contributed by atoms with Gasteiger partial charge in [-0.2, -0.15) is 0 Å². The van der Waals surface area contributed by atoms with Crippen molar-refractivity contribution in [2.24, 2.45) is 5.73 Å². The van der Waals surface area contributed by atoms with Crippen molar-refractivity contribution < 1.29 is 14.3 Å². The number of amides is 1. The SMILES string of the molecule is NCCC1CN(C(=O)CCC(=O)c2ccc(Br)s2)CCO1. The molecular weight excluding hydrogens is 356 g/mol. The molecule has 1 aliphatic rings. The van der Waals surface area contributed by atoms with E-state index in [4.69, 9.17) is 10.5 Å². The Morgan fingerprint density at radius 3 is 2.90 bits per heavy atom. The second-order valence-electron chi connectivity index (χ2n) is 4.94. The van der Waals surface area contributed by atoms with Crippen molar-refractivity contribution in [3.8, 4) is 0 Å². The number of carbonyl (C=O) groups is 2. The van der Waals surface area contributed by atoms with E-state index in [9.17, 15) is 9.59 Å². The summed E-state index contributed by atoms with van der Waals surface area (Å²) in [6, 6.07) is 3.63. The van der Waals surface area contributed by atoms with E-state index in [1.54, 1.807) is 11.0 Å². The van der Waals surface area contributed by atoms with Crippen LogP contribution < -0.4 is 5.73 Å². The maximum absolute atomic E-state index is 12.2. The standard InChI is InChI=1S/C14H19BrN2O3S/c15-13-3-2-12(21-13)11(18)1-4-14(19)17-7-8-20-10(9-17)5-6-16/h2-3,10H,1,4-9,16H2. The molecule has 0 bridgehead atoms. The van der Waals surface area contributed by atoms with Gasteiger partial charge in [0, 0.05) is 25.9 Å². The monoisotopic (exact) mass is 374 g/mol. The van der Waals surface area contributed by atoms with Crippen LogP contribution in [-0.2, 0) is 9.53 Å². The van der Waals surface area contributed by atoms with Crippen molar-refractivity contribution in [1.82, 2.24) is 4.90 Å². The summed E-state index contributed by atoms with van der Waals surface area (Å²) in [5.41, 5.74) is 5.51. The Hall–Kier alpha value is -0.760. The number of rotatable bonds is 6. The summed E-state index contributed by atoms with van der Waals surface area (Å²) in [5, 5.41) is 0. The number of hydrogen-bond acceptors (Lipinski definition) is 5. The molecule has 0 spiro atoms. The number of ether oxygens (including phenoxy) is 1. The number of carbonyl (C=O) groups excluding carboxylic acids is 2. The van der Waals surface area contributed by atoms with Gasteiger partial charge in [-0.15, -0.1) is 11.3 Å². The molecule has 0 aromatic carbocycles. The van der Waals surface area contributed by atoms with Crippen LogP contribution in [0.15, 0.2) is 15.9 Å². The summed E-state index contributed by atoms with van der Waals surface area (Å²) in [7, 11) is 0. The number of nitrogens with zero attached hydrogens (tertiary/aromatic N) is 1. The van der Waals surface area contributed by atoms with E-state index < -0.39 is 0 Å². The molecular formula is C14H19BrN2O3S. The number of morpholine rings is 1. The Kier molecular flexibility index (Phi) is 6.35. The molecule has 1 aliphatic heterocycles. The van der Waals surface area contributed by atoms with E-state index in [1.807, 2.05) is 6.07 Å². The average Bonchev–Trinajstić information content (AvgIpc) is 2.92. The average molecular weight is 375 g/mol. The van der Waals surface area contributed by atoms with Crippen LogP contribution in [-0.4, -0.2) is 48.9 Å². The minimum Gasteiger partial charge on any atom is -0.374 e. The molecule has 7 heteroatoms. The number of thiophene rings is 1. The normalized spacial score (nSPS) is 18.8. The van der Waals surface area contributed by atoms with E-state index in [0.717, 1.165) is 10.2 Å². The summed E-state index contributed by atoms with van der Waals surface area (Å²) in [5.74, 6) is 0.0371. The largest absolute Gasteiger partial charge is 0.374 e. The molecule has 2 rings (SSSR count). The van der Waals surface area contributed by atoms with Crippen molar-refractivity contribution in [1.29, 1.82) is 0 Å². The fraction of sp³-hybridized carbons (Fsp3) is 0.571. The second kappa shape index (κ2) is 8.03. The van der Waals surface area contributed by atoms with Crippen LogP contribution in [0.5, 0.6) is 0 Å². The second-order valence-corrected chi connectivity index (χ2v) is 7.40. The number of ketones is 1. The maximum Gasteiger partial charge on any atom is 0.223 e. The van der Waals surface area contributed by atoms with Crippen LogP contribution in [0.3, 0.4) is 0 Å². The van der Waals surface area contributed by atoms with Crippen LogP contribution in [0, 0.1) is 0 Å². The third-order valence-corrected chi connectivity index (χ3v) is 5.06. The Labute approximate surface area is 136 Å². The van der Waals surface area contributed by atoms with Crippen molar-refractivity contribution >= 4 is 39.0 Å². The summed E-state index contributed by atoms with van der Waals surface area (Å²) in [6.45, 7) is 2.27. The lowest BCUT2D eigenvalue weighted by Gasteiger charge is -2.32. The van der Waals surface area contributed by atoms with Gasteiger partial charge in [-0.05, 0) is 41.0 Å². The van der Waals surface area contributed by atoms with Gasteiger partial charge in [-0.3, -0.25) is 9.59 Å². The fourth-order valence-electron chi connectivity index (χ4n) is 2.27. The molecule has 1 aromatic rings. The Morgan fingerprint density at radius 1 is 1.43 bits per heavy atom. The Bertz CT molecular complexity index is 504. The highest BCUT2D eigenvalue weighted by atomic mass is 79.9. The molecule has 1 saturated heterocycles. The van der Waals surface area contributed by atoms with Crippen LogP contribution >= 0.6 is 27.3 Å². The maximum atomic E-state index is 12.2. The first-order valence-electron chi connectivity index (χ1n) is 6.98. The number of halogens is 1. The molecule has 116 valence electrons. The van der Waals surface area contributed by atoms with E-state index in [1.165, 1.54) is 11.3 Å². The highest BCUT2D eigenvalue weighted by Gasteiger charge is 2.24. The molecule has 0 saturated carbocycles. The zero-order valence-electron chi connectivity index (χ0n) is 11.7. The van der Waals surface area contributed by atoms with Gasteiger partial charge < -0.3 is 15.4 Å². The van der Waals surface area contributed by atoms with Crippen LogP contribution in [0.2, 0.25) is 0 Å². The number of Topliss-reactive ketones (excluding diaryl/α,β-unsaturated/α-hetero) is 1. The Morgan fingerprint density at radius 2 is 2.24 bits per heavy atom. The fourth-order valence-corrected chi connectivity index (χ4v) is 3.63. The minimum atomic E-state index is 0.0179. The minimum absolute atomic E-state index is 0.0179. The van der Waals surface area contributed by atoms with Gasteiger partial charge in [0.25, 0.3) is 0 Å². The van der Waals surface area contributed by atoms with Gasteiger partial charge in [0.1, 0.15) is 0 Å². The lowest BCUT2D eigenvalue weighted by molar-refractivity contribution is -0.138. The lowest BCUT2D eigenvalue weighted by Crippen LogP contribution is -2.46. The topological polar surface area (TPSA) is 72.6 Å². The molecule has 2 heterocycles. The van der Waals surface area contributed by atoms with Gasteiger partial charge in [0.2, 0.25) is 5.91 Å². The van der Waals surface area contributed by atoms with Crippen molar-refractivity contribution in [3.05, 3.63) is 20.8 Å². The van der Waals surface area contributed by atoms with Crippen molar-refractivity contribution in [2.45, 2.75) is 25.4 Å². The Balaban J connectivity index is 1.80. The lowest BCUT2D eigenvalue weighted by atomic mass is 10.1. The molecule has 1 unspecified atom stereocenters. The molecule has 21 heavy (non-hydrogen) atoms. The van der Waals surface area contributed by atoms with Crippen LogP contribution in [0.1, 0.15) is 28.9 Å². The molecule has 1 aromatic heterocycles. The van der Waals surface area contributed by atoms with Crippen molar-refractivity contribution in [3.63, 3.8) is 0 Å². The molecule has 1 amide bonds. The third kappa shape index (κ3) is 4.88. The van der Waals surface area contributed by atoms with Crippen LogP contribution in [0.25, 0.3) is 0 Å². The van der Waals surface area contributed by atoms with E-state index in [0.29, 0.717) is 31.1 Å². The molecule has 2 N–H and O–H groups in total. The van der Waals surface area contributed by atoms with Gasteiger partial charge >= 0.3 is 0 Å². The third-order valence-electron chi connectivity index (χ3n) is 3.39. The van der Waals surface area contributed by atoms with E-state index in [-0.39, 0.29) is 30.6 Å². The zero-order chi connectivity index (χ0) is 15.2. The summed E-state index contributed by atoms with van der Waals surface area (Å²) >= 11 is 4.73. The predicted molar refractivity (Wildman–Crippen MR) is 85.6 cm³/mol. The zero-order valence-corrected chi connectivity index (χ0v) is 14.1. The van der Waals surface area contributed by atoms with Gasteiger partial charge in [0.05, 0.1) is 21.4 Å². The van der Waals surface area contributed by atoms with E-state index in [2.05, 4.69) is 15.9 Å². The summed E-state index contributed by atoms with van der Waals surface area (Å²) in [4.78, 5) is 26.6. The quantitative estimate of drug-likeness (QED) is 0.773. The first-order valence-corrected chi connectivity index (χ1v) is 8.59. The van der Waals surface area contributed by atoms with Gasteiger partial charge in [-0.1, -0.05) is 0 Å². The molecule has 5 nitrogen and oxygen atoms in total. The molecule has 1 atom stereocenters. The highest BCUT2D eigenvalue weighted by Crippen LogP contribution is 2.23. The number of nitrogens with two attached hydrogens (primary N) is 1. The molecule has 1 fully saturated rings. The predicted octanol–water partition coefficient (Wildman–Crippen LogP) is 2.05. The van der Waals surface area contributed by atoms with Crippen molar-refractivity contribution in [2.75, 3.05) is 26.2 Å². The number of hydrogen-bond donors (Lipinski definition) is 1. The van der Waals surface area contributed by atoms with E-state index >= 15 is 0 Å². The van der Waals surface area contributed by atoms with Gasteiger partial charge in [0.15, 0.2) is 5.78 Å². The first kappa shape index (κ1) is 16.6. The molecule has 0 radical (unpaired) electrons. The smallest absolute Gasteiger partial charge is 0.223 e. The highest BCUT2D eigenvalue weighted by molar-refractivity contribution is 9.11. The first-order chi connectivity index (χ1) is 10.1. The van der Waals surface area contributed by atoms with Gasteiger partial charge in [-0.25, -0.2) is 0 Å². The van der Waals surface area contributed by atoms with Crippen LogP contribution in [0.4, 0.5) is 0 Å².